The Kier molecular flexibility index (Phi) is 8.14. The standard InChI is InChI=1S/C22H36O4/c1-8-25-20-17(21(2,3)4)14-16(15-18(20)22(5,6)7)10-11-19(24)26-13-9-12-23/h14-15,23H,8-13H2,1-7H3. The maximum absolute atomic E-state index is 11.9. The van der Waals surface area contributed by atoms with Crippen LogP contribution in [0, 0.1) is 0 Å². The molecule has 0 fully saturated rings. The van der Waals surface area contributed by atoms with Gasteiger partial charge in [0.2, 0.25) is 0 Å². The first-order valence-corrected chi connectivity index (χ1v) is 9.57. The number of aliphatic hydroxyl groups excluding tert-OH is 1. The second kappa shape index (κ2) is 9.40. The van der Waals surface area contributed by atoms with Gasteiger partial charge in [0.1, 0.15) is 5.75 Å². The molecule has 4 heteroatoms. The Morgan fingerprint density at radius 3 is 2.00 bits per heavy atom. The van der Waals surface area contributed by atoms with Crippen LogP contribution in [0.5, 0.6) is 5.75 Å². The third-order valence-electron chi connectivity index (χ3n) is 4.24. The van der Waals surface area contributed by atoms with Crippen molar-refractivity contribution in [3.8, 4) is 5.75 Å². The molecular weight excluding hydrogens is 328 g/mol. The van der Waals surface area contributed by atoms with Crippen molar-refractivity contribution in [1.82, 2.24) is 0 Å². The topological polar surface area (TPSA) is 55.8 Å². The van der Waals surface area contributed by atoms with Crippen LogP contribution in [0.3, 0.4) is 0 Å². The zero-order valence-electron chi connectivity index (χ0n) is 17.6. The van der Waals surface area contributed by atoms with Gasteiger partial charge in [-0.1, -0.05) is 53.7 Å². The molecule has 0 bridgehead atoms. The highest BCUT2D eigenvalue weighted by Crippen LogP contribution is 2.41. The fraction of sp³-hybridized carbons (Fsp3) is 0.682. The van der Waals surface area contributed by atoms with Gasteiger partial charge in [-0.15, -0.1) is 0 Å². The monoisotopic (exact) mass is 364 g/mol. The lowest BCUT2D eigenvalue weighted by molar-refractivity contribution is -0.143. The summed E-state index contributed by atoms with van der Waals surface area (Å²) in [6.45, 7) is 16.1. The summed E-state index contributed by atoms with van der Waals surface area (Å²) in [5.41, 5.74) is 3.37. The van der Waals surface area contributed by atoms with E-state index in [1.54, 1.807) is 0 Å². The zero-order valence-corrected chi connectivity index (χ0v) is 17.6. The molecule has 0 aliphatic carbocycles. The second-order valence-corrected chi connectivity index (χ2v) is 8.75. The molecule has 0 radical (unpaired) electrons. The van der Waals surface area contributed by atoms with Crippen LogP contribution in [-0.4, -0.2) is 30.9 Å². The average Bonchev–Trinajstić information content (AvgIpc) is 2.52. The second-order valence-electron chi connectivity index (χ2n) is 8.75. The van der Waals surface area contributed by atoms with Crippen molar-refractivity contribution < 1.29 is 19.4 Å². The molecule has 0 aromatic heterocycles. The number of carbonyl (C=O) groups excluding carboxylic acids is 1. The van der Waals surface area contributed by atoms with Gasteiger partial charge in [0.05, 0.1) is 13.2 Å². The Balaban J connectivity index is 3.15. The van der Waals surface area contributed by atoms with Crippen LogP contribution in [0.15, 0.2) is 12.1 Å². The molecule has 0 saturated carbocycles. The highest BCUT2D eigenvalue weighted by molar-refractivity contribution is 5.69. The average molecular weight is 365 g/mol. The summed E-state index contributed by atoms with van der Waals surface area (Å²) in [4.78, 5) is 11.9. The van der Waals surface area contributed by atoms with Gasteiger partial charge >= 0.3 is 5.97 Å². The quantitative estimate of drug-likeness (QED) is 0.543. The van der Waals surface area contributed by atoms with Crippen LogP contribution in [0.2, 0.25) is 0 Å². The van der Waals surface area contributed by atoms with Crippen molar-refractivity contribution in [2.45, 2.75) is 78.6 Å². The first-order valence-electron chi connectivity index (χ1n) is 9.57. The molecule has 1 rings (SSSR count). The summed E-state index contributed by atoms with van der Waals surface area (Å²) >= 11 is 0. The molecule has 0 heterocycles. The van der Waals surface area contributed by atoms with Crippen molar-refractivity contribution in [3.05, 3.63) is 28.8 Å². The van der Waals surface area contributed by atoms with E-state index in [0.717, 1.165) is 11.3 Å². The summed E-state index contributed by atoms with van der Waals surface area (Å²) in [5, 5.41) is 8.77. The molecular formula is C22H36O4. The minimum absolute atomic E-state index is 0.0378. The summed E-state index contributed by atoms with van der Waals surface area (Å²) in [6, 6.07) is 4.34. The van der Waals surface area contributed by atoms with Gasteiger partial charge in [0.25, 0.3) is 0 Å². The van der Waals surface area contributed by atoms with Gasteiger partial charge in [-0.3, -0.25) is 4.79 Å². The minimum atomic E-state index is -0.220. The Bertz CT molecular complexity index is 556. The first kappa shape index (κ1) is 22.5. The third-order valence-corrected chi connectivity index (χ3v) is 4.24. The summed E-state index contributed by atoms with van der Waals surface area (Å²) in [6.07, 6.45) is 1.46. The molecule has 1 N–H and O–H groups in total. The number of aryl methyl sites for hydroxylation is 1. The fourth-order valence-corrected chi connectivity index (χ4v) is 2.82. The summed E-state index contributed by atoms with van der Waals surface area (Å²) < 4.78 is 11.2. The molecule has 1 aromatic rings. The number of rotatable bonds is 8. The first-order chi connectivity index (χ1) is 12.0. The molecule has 1 aromatic carbocycles. The van der Waals surface area contributed by atoms with Gasteiger partial charge in [0.15, 0.2) is 0 Å². The number of esters is 1. The van der Waals surface area contributed by atoms with Gasteiger partial charge in [-0.2, -0.15) is 0 Å². The zero-order chi connectivity index (χ0) is 20.0. The normalized spacial score (nSPS) is 12.2. The number of carbonyl (C=O) groups is 1. The van der Waals surface area contributed by atoms with Gasteiger partial charge < -0.3 is 14.6 Å². The van der Waals surface area contributed by atoms with Crippen LogP contribution in [0.1, 0.15) is 78.0 Å². The highest BCUT2D eigenvalue weighted by Gasteiger charge is 2.27. The van der Waals surface area contributed by atoms with Crippen molar-refractivity contribution in [2.24, 2.45) is 0 Å². The SMILES string of the molecule is CCOc1c(C(C)(C)C)cc(CCC(=O)OCCCO)cc1C(C)(C)C. The molecule has 0 saturated heterocycles. The van der Waals surface area contributed by atoms with E-state index in [9.17, 15) is 4.79 Å². The van der Waals surface area contributed by atoms with Crippen molar-refractivity contribution in [2.75, 3.05) is 19.8 Å². The molecule has 4 nitrogen and oxygen atoms in total. The van der Waals surface area contributed by atoms with E-state index in [2.05, 4.69) is 53.7 Å². The van der Waals surface area contributed by atoms with Crippen molar-refractivity contribution >= 4 is 5.97 Å². The van der Waals surface area contributed by atoms with Crippen molar-refractivity contribution in [1.29, 1.82) is 0 Å². The fourth-order valence-electron chi connectivity index (χ4n) is 2.82. The molecule has 0 spiro atoms. The van der Waals surface area contributed by atoms with E-state index >= 15 is 0 Å². The molecule has 148 valence electrons. The summed E-state index contributed by atoms with van der Waals surface area (Å²) in [5.74, 6) is 0.753. The molecule has 0 atom stereocenters. The predicted octanol–water partition coefficient (Wildman–Crippen LogP) is 4.54. The van der Waals surface area contributed by atoms with Crippen LogP contribution in [-0.2, 0) is 26.8 Å². The van der Waals surface area contributed by atoms with E-state index in [-0.39, 0.29) is 30.0 Å². The number of hydrogen-bond donors (Lipinski definition) is 1. The van der Waals surface area contributed by atoms with E-state index in [0.29, 0.717) is 25.9 Å². The molecule has 26 heavy (non-hydrogen) atoms. The molecule has 0 unspecified atom stereocenters. The molecule has 0 aliphatic rings. The van der Waals surface area contributed by atoms with Crippen LogP contribution < -0.4 is 4.74 Å². The largest absolute Gasteiger partial charge is 0.493 e. The van der Waals surface area contributed by atoms with Gasteiger partial charge in [0, 0.05) is 30.6 Å². The maximum atomic E-state index is 11.9. The van der Waals surface area contributed by atoms with Gasteiger partial charge in [-0.25, -0.2) is 0 Å². The third kappa shape index (κ3) is 6.64. The maximum Gasteiger partial charge on any atom is 0.306 e. The number of ether oxygens (including phenoxy) is 2. The number of benzene rings is 1. The van der Waals surface area contributed by atoms with Crippen LogP contribution in [0.25, 0.3) is 0 Å². The van der Waals surface area contributed by atoms with E-state index in [4.69, 9.17) is 14.6 Å². The highest BCUT2D eigenvalue weighted by atomic mass is 16.5. The van der Waals surface area contributed by atoms with Crippen LogP contribution >= 0.6 is 0 Å². The minimum Gasteiger partial charge on any atom is -0.493 e. The summed E-state index contributed by atoms with van der Waals surface area (Å²) in [7, 11) is 0. The lowest BCUT2D eigenvalue weighted by Gasteiger charge is -2.30. The smallest absolute Gasteiger partial charge is 0.306 e. The Morgan fingerprint density at radius 2 is 1.58 bits per heavy atom. The Labute approximate surface area is 158 Å². The van der Waals surface area contributed by atoms with Crippen molar-refractivity contribution in [3.63, 3.8) is 0 Å². The van der Waals surface area contributed by atoms with E-state index in [1.807, 2.05) is 6.92 Å². The predicted molar refractivity (Wildman–Crippen MR) is 106 cm³/mol. The Hall–Kier alpha value is -1.55. The number of hydrogen-bond acceptors (Lipinski definition) is 4. The lowest BCUT2D eigenvalue weighted by Crippen LogP contribution is -2.20. The van der Waals surface area contributed by atoms with E-state index in [1.165, 1.54) is 11.1 Å². The molecule has 0 aliphatic heterocycles. The lowest BCUT2D eigenvalue weighted by atomic mass is 9.78. The van der Waals surface area contributed by atoms with E-state index < -0.39 is 0 Å². The van der Waals surface area contributed by atoms with Crippen LogP contribution in [0.4, 0.5) is 0 Å². The number of aliphatic hydroxyl groups is 1. The van der Waals surface area contributed by atoms with Gasteiger partial charge in [-0.05, 0) is 29.7 Å². The Morgan fingerprint density at radius 1 is 1.04 bits per heavy atom. The molecule has 0 amide bonds.